The van der Waals surface area contributed by atoms with Gasteiger partial charge in [-0.3, -0.25) is 9.59 Å². The fraction of sp³-hybridized carbons (Fsp3) is 0.433. The van der Waals surface area contributed by atoms with Gasteiger partial charge >= 0.3 is 0 Å². The molecule has 2 amide bonds. The molecule has 194 valence electrons. The first-order valence-electron chi connectivity index (χ1n) is 13.2. The van der Waals surface area contributed by atoms with Gasteiger partial charge in [0.05, 0.1) is 16.7 Å². The molecule has 37 heavy (non-hydrogen) atoms. The van der Waals surface area contributed by atoms with Crippen molar-refractivity contribution in [2.45, 2.75) is 52.5 Å². The third kappa shape index (κ3) is 5.13. The van der Waals surface area contributed by atoms with Gasteiger partial charge in [-0.25, -0.2) is 4.98 Å². The monoisotopic (exact) mass is 499 g/mol. The number of aromatic nitrogens is 3. The number of nitrogens with zero attached hydrogens (tertiary/aromatic N) is 4. The second kappa shape index (κ2) is 9.69. The number of carbonyl (C=O) groups is 2. The lowest BCUT2D eigenvalue weighted by molar-refractivity contribution is -0.122. The number of amides is 2. The molecule has 7 heteroatoms. The van der Waals surface area contributed by atoms with E-state index in [1.165, 1.54) is 5.39 Å². The van der Waals surface area contributed by atoms with Gasteiger partial charge in [0.25, 0.3) is 5.91 Å². The molecule has 0 radical (unpaired) electrons. The summed E-state index contributed by atoms with van der Waals surface area (Å²) in [6.07, 6.45) is 3.15. The summed E-state index contributed by atoms with van der Waals surface area (Å²) in [5.41, 5.74) is 4.74. The molecule has 1 saturated heterocycles. The van der Waals surface area contributed by atoms with Gasteiger partial charge in [-0.05, 0) is 55.0 Å². The summed E-state index contributed by atoms with van der Waals surface area (Å²) >= 11 is 0. The summed E-state index contributed by atoms with van der Waals surface area (Å²) < 4.78 is 4.24. The SMILES string of the molecule is Cn1c(-c2nc3cc(C(=O)N4CCC[C@H](NC(=O)CCC(C)(C)C)C4)ccc3n2C)cc2ccccc21. The van der Waals surface area contributed by atoms with E-state index < -0.39 is 0 Å². The molecule has 3 heterocycles. The minimum Gasteiger partial charge on any atom is -0.352 e. The second-order valence-electron chi connectivity index (χ2n) is 11.6. The van der Waals surface area contributed by atoms with Gasteiger partial charge < -0.3 is 19.4 Å². The average Bonchev–Trinajstić information content (AvgIpc) is 3.38. The largest absolute Gasteiger partial charge is 0.352 e. The van der Waals surface area contributed by atoms with Crippen molar-refractivity contribution in [1.82, 2.24) is 24.3 Å². The number of likely N-dealkylation sites (tertiary alicyclic amines) is 1. The minimum atomic E-state index is -0.00708. The Kier molecular flexibility index (Phi) is 6.56. The van der Waals surface area contributed by atoms with Gasteiger partial charge in [0.15, 0.2) is 5.82 Å². The maximum atomic E-state index is 13.4. The van der Waals surface area contributed by atoms with Crippen LogP contribution in [0, 0.1) is 5.41 Å². The number of hydrogen-bond donors (Lipinski definition) is 1. The summed E-state index contributed by atoms with van der Waals surface area (Å²) in [4.78, 5) is 32.7. The Morgan fingerprint density at radius 3 is 2.57 bits per heavy atom. The van der Waals surface area contributed by atoms with Crippen molar-refractivity contribution in [3.63, 3.8) is 0 Å². The third-order valence-electron chi connectivity index (χ3n) is 7.48. The molecule has 0 aliphatic carbocycles. The molecule has 2 aromatic heterocycles. The van der Waals surface area contributed by atoms with Crippen LogP contribution in [0.15, 0.2) is 48.5 Å². The lowest BCUT2D eigenvalue weighted by Gasteiger charge is -2.33. The van der Waals surface area contributed by atoms with Crippen LogP contribution >= 0.6 is 0 Å². The molecular weight excluding hydrogens is 462 g/mol. The van der Waals surface area contributed by atoms with Gasteiger partial charge in [0.2, 0.25) is 5.91 Å². The van der Waals surface area contributed by atoms with Crippen LogP contribution in [0.4, 0.5) is 0 Å². The van der Waals surface area contributed by atoms with Crippen LogP contribution in [0.1, 0.15) is 56.8 Å². The Labute approximate surface area is 218 Å². The van der Waals surface area contributed by atoms with Crippen molar-refractivity contribution in [3.8, 4) is 11.5 Å². The molecule has 0 spiro atoms. The molecule has 7 nitrogen and oxygen atoms in total. The van der Waals surface area contributed by atoms with Crippen LogP contribution in [0.25, 0.3) is 33.5 Å². The number of fused-ring (bicyclic) bond motifs is 2. The maximum Gasteiger partial charge on any atom is 0.254 e. The first-order valence-corrected chi connectivity index (χ1v) is 13.2. The summed E-state index contributed by atoms with van der Waals surface area (Å²) in [6, 6.07) is 16.2. The fourth-order valence-electron chi connectivity index (χ4n) is 5.32. The number of hydrogen-bond acceptors (Lipinski definition) is 3. The third-order valence-corrected chi connectivity index (χ3v) is 7.48. The van der Waals surface area contributed by atoms with E-state index in [4.69, 9.17) is 4.98 Å². The standard InChI is InChI=1S/C30H37N5O2/c1-30(2,3)15-14-27(36)31-22-10-8-16-35(19-22)29(37)21-12-13-25-23(17-21)32-28(34(25)5)26-18-20-9-6-7-11-24(20)33(26)4/h6-7,9,11-13,17-18,22H,8,10,14-16,19H2,1-5H3,(H,31,36)/t22-/m0/s1. The zero-order chi connectivity index (χ0) is 26.3. The highest BCUT2D eigenvalue weighted by Gasteiger charge is 2.26. The van der Waals surface area contributed by atoms with E-state index in [1.807, 2.05) is 42.3 Å². The highest BCUT2D eigenvalue weighted by atomic mass is 16.2. The van der Waals surface area contributed by atoms with Gasteiger partial charge in [-0.1, -0.05) is 39.0 Å². The van der Waals surface area contributed by atoms with Crippen molar-refractivity contribution in [2.24, 2.45) is 19.5 Å². The van der Waals surface area contributed by atoms with Crippen LogP contribution in [0.2, 0.25) is 0 Å². The Morgan fingerprint density at radius 1 is 1.03 bits per heavy atom. The molecule has 2 aromatic carbocycles. The van der Waals surface area contributed by atoms with Crippen LogP contribution < -0.4 is 5.32 Å². The van der Waals surface area contributed by atoms with Gasteiger partial charge in [0, 0.05) is 56.1 Å². The molecule has 4 aromatic rings. The highest BCUT2D eigenvalue weighted by Crippen LogP contribution is 2.29. The topological polar surface area (TPSA) is 72.2 Å². The molecule has 5 rings (SSSR count). The number of carbonyl (C=O) groups excluding carboxylic acids is 2. The average molecular weight is 500 g/mol. The highest BCUT2D eigenvalue weighted by molar-refractivity contribution is 5.98. The Morgan fingerprint density at radius 2 is 1.81 bits per heavy atom. The van der Waals surface area contributed by atoms with E-state index in [9.17, 15) is 9.59 Å². The fourth-order valence-corrected chi connectivity index (χ4v) is 5.32. The first kappa shape index (κ1) is 25.1. The number of nitrogens with one attached hydrogen (secondary N) is 1. The number of aryl methyl sites for hydroxylation is 2. The van der Waals surface area contributed by atoms with Crippen molar-refractivity contribution < 1.29 is 9.59 Å². The van der Waals surface area contributed by atoms with Gasteiger partial charge in [-0.2, -0.15) is 0 Å². The molecule has 0 unspecified atom stereocenters. The van der Waals surface area contributed by atoms with Crippen LogP contribution in [0.5, 0.6) is 0 Å². The minimum absolute atomic E-state index is 0.00169. The van der Waals surface area contributed by atoms with Crippen molar-refractivity contribution in [3.05, 3.63) is 54.1 Å². The predicted octanol–water partition coefficient (Wildman–Crippen LogP) is 5.28. The molecule has 1 N–H and O–H groups in total. The quantitative estimate of drug-likeness (QED) is 0.406. The van der Waals surface area contributed by atoms with Gasteiger partial charge in [-0.15, -0.1) is 0 Å². The second-order valence-corrected chi connectivity index (χ2v) is 11.6. The summed E-state index contributed by atoms with van der Waals surface area (Å²) in [5, 5.41) is 4.33. The number of benzene rings is 2. The van der Waals surface area contributed by atoms with Crippen molar-refractivity contribution in [1.29, 1.82) is 0 Å². The summed E-state index contributed by atoms with van der Waals surface area (Å²) in [6.45, 7) is 7.68. The smallest absolute Gasteiger partial charge is 0.254 e. The van der Waals surface area contributed by atoms with E-state index >= 15 is 0 Å². The zero-order valence-electron chi connectivity index (χ0n) is 22.5. The number of rotatable bonds is 5. The molecule has 1 fully saturated rings. The Bertz CT molecular complexity index is 1470. The van der Waals surface area contributed by atoms with Crippen LogP contribution in [0.3, 0.4) is 0 Å². The molecule has 0 bridgehead atoms. The molecular formula is C30H37N5O2. The maximum absolute atomic E-state index is 13.4. The van der Waals surface area contributed by atoms with E-state index in [0.29, 0.717) is 25.1 Å². The molecule has 0 saturated carbocycles. The Hall–Kier alpha value is -3.61. The predicted molar refractivity (Wildman–Crippen MR) is 148 cm³/mol. The van der Waals surface area contributed by atoms with E-state index in [1.54, 1.807) is 0 Å². The van der Waals surface area contributed by atoms with Crippen LogP contribution in [-0.2, 0) is 18.9 Å². The molecule has 1 aliphatic rings. The van der Waals surface area contributed by atoms with Crippen LogP contribution in [-0.4, -0.2) is 50.0 Å². The zero-order valence-corrected chi connectivity index (χ0v) is 22.5. The molecule has 1 atom stereocenters. The first-order chi connectivity index (χ1) is 17.6. The van der Waals surface area contributed by atoms with E-state index in [-0.39, 0.29) is 23.3 Å². The number of para-hydroxylation sites is 1. The van der Waals surface area contributed by atoms with E-state index in [2.05, 4.69) is 60.5 Å². The summed E-state index contributed by atoms with van der Waals surface area (Å²) in [7, 11) is 4.07. The van der Waals surface area contributed by atoms with Crippen molar-refractivity contribution >= 4 is 33.8 Å². The lowest BCUT2D eigenvalue weighted by Crippen LogP contribution is -2.49. The van der Waals surface area contributed by atoms with E-state index in [0.717, 1.165) is 47.3 Å². The molecule has 1 aliphatic heterocycles. The number of imidazole rings is 1. The normalized spacial score (nSPS) is 16.5. The van der Waals surface area contributed by atoms with Crippen molar-refractivity contribution in [2.75, 3.05) is 13.1 Å². The summed E-state index contributed by atoms with van der Waals surface area (Å²) in [5.74, 6) is 0.937. The Balaban J connectivity index is 1.34. The van der Waals surface area contributed by atoms with Gasteiger partial charge in [0.1, 0.15) is 0 Å². The lowest BCUT2D eigenvalue weighted by atomic mass is 9.90. The number of piperidine rings is 1.